The van der Waals surface area contributed by atoms with E-state index in [4.69, 9.17) is 16.0 Å². The molecule has 0 aliphatic heterocycles. The molecule has 2 heterocycles. The predicted octanol–water partition coefficient (Wildman–Crippen LogP) is 3.01. The van der Waals surface area contributed by atoms with Gasteiger partial charge in [-0.2, -0.15) is 0 Å². The molecule has 1 N–H and O–H groups in total. The van der Waals surface area contributed by atoms with Crippen molar-refractivity contribution >= 4 is 23.4 Å². The third kappa shape index (κ3) is 4.34. The van der Waals surface area contributed by atoms with Crippen molar-refractivity contribution in [2.24, 2.45) is 7.05 Å². The first kappa shape index (κ1) is 16.0. The molecule has 0 saturated carbocycles. The molecule has 6 nitrogen and oxygen atoms in total. The number of aromatic nitrogens is 4. The highest BCUT2D eigenvalue weighted by Crippen LogP contribution is 2.23. The van der Waals surface area contributed by atoms with Gasteiger partial charge in [-0.25, -0.2) is 4.68 Å². The zero-order chi connectivity index (χ0) is 16.1. The Hall–Kier alpha value is -1.83. The van der Waals surface area contributed by atoms with Crippen LogP contribution in [0.3, 0.4) is 0 Å². The third-order valence-corrected chi connectivity index (χ3v) is 4.45. The Morgan fingerprint density at radius 2 is 2.04 bits per heavy atom. The SMILES string of the molecule is Cn1nnnc1SCCNCc1ccc(-c2ccc(Cl)cc2)o1. The van der Waals surface area contributed by atoms with E-state index in [9.17, 15) is 0 Å². The van der Waals surface area contributed by atoms with Crippen molar-refractivity contribution in [3.05, 3.63) is 47.2 Å². The van der Waals surface area contributed by atoms with Crippen molar-refractivity contribution in [3.63, 3.8) is 0 Å². The lowest BCUT2D eigenvalue weighted by Gasteiger charge is -2.02. The Kier molecular flexibility index (Phi) is 5.32. The minimum Gasteiger partial charge on any atom is -0.460 e. The molecule has 0 fully saturated rings. The van der Waals surface area contributed by atoms with E-state index < -0.39 is 0 Å². The maximum absolute atomic E-state index is 5.89. The lowest BCUT2D eigenvalue weighted by Crippen LogP contribution is -2.16. The number of benzene rings is 1. The van der Waals surface area contributed by atoms with Crippen LogP contribution in [0.5, 0.6) is 0 Å². The summed E-state index contributed by atoms with van der Waals surface area (Å²) in [5, 5.41) is 16.2. The van der Waals surface area contributed by atoms with Gasteiger partial charge < -0.3 is 9.73 Å². The van der Waals surface area contributed by atoms with Gasteiger partial charge >= 0.3 is 0 Å². The Morgan fingerprint density at radius 1 is 1.22 bits per heavy atom. The fourth-order valence-electron chi connectivity index (χ4n) is 2.01. The van der Waals surface area contributed by atoms with Gasteiger partial charge in [-0.05, 0) is 46.8 Å². The summed E-state index contributed by atoms with van der Waals surface area (Å²) in [6.07, 6.45) is 0. The molecular formula is C15H16ClN5OS. The molecule has 0 unspecified atom stereocenters. The molecule has 1 aromatic carbocycles. The van der Waals surface area contributed by atoms with E-state index >= 15 is 0 Å². The summed E-state index contributed by atoms with van der Waals surface area (Å²) in [6.45, 7) is 1.53. The van der Waals surface area contributed by atoms with Crippen LogP contribution < -0.4 is 5.32 Å². The van der Waals surface area contributed by atoms with Crippen molar-refractivity contribution in [3.8, 4) is 11.3 Å². The van der Waals surface area contributed by atoms with E-state index in [1.807, 2.05) is 43.4 Å². The highest BCUT2D eigenvalue weighted by Gasteiger charge is 2.05. The molecule has 0 atom stereocenters. The maximum Gasteiger partial charge on any atom is 0.209 e. The number of nitrogens with zero attached hydrogens (tertiary/aromatic N) is 4. The molecule has 0 bridgehead atoms. The normalized spacial score (nSPS) is 11.0. The fourth-order valence-corrected chi connectivity index (χ4v) is 2.88. The van der Waals surface area contributed by atoms with Crippen LogP contribution in [0.1, 0.15) is 5.76 Å². The molecule has 0 spiro atoms. The Labute approximate surface area is 143 Å². The molecule has 120 valence electrons. The number of furan rings is 1. The van der Waals surface area contributed by atoms with E-state index in [1.165, 1.54) is 0 Å². The lowest BCUT2D eigenvalue weighted by atomic mass is 10.2. The van der Waals surface area contributed by atoms with Gasteiger partial charge in [0.2, 0.25) is 5.16 Å². The fraction of sp³-hybridized carbons (Fsp3) is 0.267. The van der Waals surface area contributed by atoms with E-state index in [0.29, 0.717) is 6.54 Å². The first-order valence-corrected chi connectivity index (χ1v) is 8.49. The van der Waals surface area contributed by atoms with Crippen LogP contribution in [0.25, 0.3) is 11.3 Å². The van der Waals surface area contributed by atoms with Gasteiger partial charge in [0, 0.05) is 29.9 Å². The van der Waals surface area contributed by atoms with Crippen LogP contribution >= 0.6 is 23.4 Å². The van der Waals surface area contributed by atoms with E-state index in [2.05, 4.69) is 20.8 Å². The molecule has 8 heteroatoms. The molecule has 0 amide bonds. The van der Waals surface area contributed by atoms with Crippen LogP contribution in [-0.2, 0) is 13.6 Å². The smallest absolute Gasteiger partial charge is 0.209 e. The maximum atomic E-state index is 5.89. The third-order valence-electron chi connectivity index (χ3n) is 3.18. The van der Waals surface area contributed by atoms with Crippen LogP contribution in [0, 0.1) is 0 Å². The largest absolute Gasteiger partial charge is 0.460 e. The Balaban J connectivity index is 1.44. The second-order valence-corrected chi connectivity index (χ2v) is 6.38. The van der Waals surface area contributed by atoms with Crippen molar-refractivity contribution in [2.75, 3.05) is 12.3 Å². The van der Waals surface area contributed by atoms with Gasteiger partial charge in [0.1, 0.15) is 11.5 Å². The molecule has 2 aromatic heterocycles. The van der Waals surface area contributed by atoms with Gasteiger partial charge in [0.25, 0.3) is 0 Å². The average molecular weight is 350 g/mol. The topological polar surface area (TPSA) is 68.8 Å². The summed E-state index contributed by atoms with van der Waals surface area (Å²) in [4.78, 5) is 0. The average Bonchev–Trinajstić information content (AvgIpc) is 3.17. The van der Waals surface area contributed by atoms with Gasteiger partial charge in [-0.1, -0.05) is 23.4 Å². The van der Waals surface area contributed by atoms with Crippen LogP contribution in [-0.4, -0.2) is 32.5 Å². The summed E-state index contributed by atoms with van der Waals surface area (Å²) in [5.41, 5.74) is 1.02. The molecule has 0 radical (unpaired) electrons. The number of aryl methyl sites for hydroxylation is 1. The molecule has 0 aliphatic rings. The molecular weight excluding hydrogens is 334 g/mol. The monoisotopic (exact) mass is 349 g/mol. The highest BCUT2D eigenvalue weighted by molar-refractivity contribution is 7.99. The summed E-state index contributed by atoms with van der Waals surface area (Å²) < 4.78 is 7.49. The number of hydrogen-bond acceptors (Lipinski definition) is 6. The molecule has 3 rings (SSSR count). The van der Waals surface area contributed by atoms with E-state index in [0.717, 1.165) is 39.6 Å². The molecule has 3 aromatic rings. The summed E-state index contributed by atoms with van der Waals surface area (Å²) in [6, 6.07) is 11.6. The quantitative estimate of drug-likeness (QED) is 0.522. The number of hydrogen-bond donors (Lipinski definition) is 1. The van der Waals surface area contributed by atoms with E-state index in [-0.39, 0.29) is 0 Å². The Bertz CT molecular complexity index is 755. The van der Waals surface area contributed by atoms with Crippen molar-refractivity contribution in [1.29, 1.82) is 0 Å². The number of rotatable bonds is 7. The first-order chi connectivity index (χ1) is 11.2. The van der Waals surface area contributed by atoms with Gasteiger partial charge in [-0.15, -0.1) is 5.10 Å². The summed E-state index contributed by atoms with van der Waals surface area (Å²) >= 11 is 7.51. The standard InChI is InChI=1S/C15H16ClN5OS/c1-21-15(18-19-20-21)23-9-8-17-10-13-6-7-14(22-13)11-2-4-12(16)5-3-11/h2-7,17H,8-10H2,1H3. The number of tetrazole rings is 1. The zero-order valence-electron chi connectivity index (χ0n) is 12.6. The van der Waals surface area contributed by atoms with Gasteiger partial charge in [-0.3, -0.25) is 0 Å². The molecule has 0 saturated heterocycles. The number of halogens is 1. The Morgan fingerprint density at radius 3 is 2.78 bits per heavy atom. The van der Waals surface area contributed by atoms with Crippen LogP contribution in [0.4, 0.5) is 0 Å². The second-order valence-electron chi connectivity index (χ2n) is 4.88. The second kappa shape index (κ2) is 7.63. The summed E-state index contributed by atoms with van der Waals surface area (Å²) in [5.74, 6) is 2.64. The predicted molar refractivity (Wildman–Crippen MR) is 90.4 cm³/mol. The summed E-state index contributed by atoms with van der Waals surface area (Å²) in [7, 11) is 1.83. The number of nitrogens with one attached hydrogen (secondary N) is 1. The van der Waals surface area contributed by atoms with Crippen molar-refractivity contribution < 1.29 is 4.42 Å². The van der Waals surface area contributed by atoms with Gasteiger partial charge in [0.05, 0.1) is 6.54 Å². The highest BCUT2D eigenvalue weighted by atomic mass is 35.5. The minimum atomic E-state index is 0.686. The minimum absolute atomic E-state index is 0.686. The van der Waals surface area contributed by atoms with Crippen molar-refractivity contribution in [2.45, 2.75) is 11.7 Å². The van der Waals surface area contributed by atoms with Crippen LogP contribution in [0.2, 0.25) is 5.02 Å². The zero-order valence-corrected chi connectivity index (χ0v) is 14.1. The lowest BCUT2D eigenvalue weighted by molar-refractivity contribution is 0.499. The first-order valence-electron chi connectivity index (χ1n) is 7.13. The van der Waals surface area contributed by atoms with Gasteiger partial charge in [0.15, 0.2) is 0 Å². The van der Waals surface area contributed by atoms with E-state index in [1.54, 1.807) is 16.4 Å². The molecule has 0 aliphatic carbocycles. The van der Waals surface area contributed by atoms with Crippen molar-refractivity contribution in [1.82, 2.24) is 25.5 Å². The molecule has 23 heavy (non-hydrogen) atoms. The van der Waals surface area contributed by atoms with Crippen LogP contribution in [0.15, 0.2) is 46.0 Å². The number of thioether (sulfide) groups is 1.